The first-order valence-corrected chi connectivity index (χ1v) is 5.84. The summed E-state index contributed by atoms with van der Waals surface area (Å²) in [6, 6.07) is 0. The van der Waals surface area contributed by atoms with Gasteiger partial charge in [-0.25, -0.2) is 0 Å². The van der Waals surface area contributed by atoms with E-state index in [0.717, 1.165) is 19.4 Å². The van der Waals surface area contributed by atoms with Gasteiger partial charge in [-0.2, -0.15) is 0 Å². The number of nitrogens with zero attached hydrogens (tertiary/aromatic N) is 1. The van der Waals surface area contributed by atoms with E-state index in [9.17, 15) is 9.90 Å². The van der Waals surface area contributed by atoms with Crippen molar-refractivity contribution in [3.63, 3.8) is 0 Å². The van der Waals surface area contributed by atoms with Gasteiger partial charge >= 0.3 is 0 Å². The molecule has 2 unspecified atom stereocenters. The minimum atomic E-state index is -0.690. The van der Waals surface area contributed by atoms with Crippen LogP contribution in [0.15, 0.2) is 0 Å². The molecule has 0 aromatic heterocycles. The Hall–Kier alpha value is -0.570. The predicted molar refractivity (Wildman–Crippen MR) is 60.4 cm³/mol. The van der Waals surface area contributed by atoms with Gasteiger partial charge in [-0.1, -0.05) is 20.8 Å². The number of piperidine rings is 1. The van der Waals surface area contributed by atoms with Crippen LogP contribution in [0.2, 0.25) is 0 Å². The standard InChI is InChI=1S/C12H23NO2/c1-9(2)10(3)11(14)13-7-5-6-12(4,15)8-13/h9-10,15H,5-8H2,1-4H3. The molecule has 15 heavy (non-hydrogen) atoms. The maximum atomic E-state index is 12.0. The van der Waals surface area contributed by atoms with Gasteiger partial charge in [0.2, 0.25) is 5.91 Å². The topological polar surface area (TPSA) is 40.5 Å². The molecule has 2 atom stereocenters. The first-order chi connectivity index (χ1) is 6.83. The van der Waals surface area contributed by atoms with Crippen molar-refractivity contribution in [2.24, 2.45) is 11.8 Å². The second-order valence-electron chi connectivity index (χ2n) is 5.39. The molecular weight excluding hydrogens is 190 g/mol. The van der Waals surface area contributed by atoms with E-state index in [2.05, 4.69) is 13.8 Å². The normalized spacial score (nSPS) is 29.3. The van der Waals surface area contributed by atoms with Gasteiger partial charge in [0.05, 0.1) is 5.60 Å². The molecule has 3 heteroatoms. The van der Waals surface area contributed by atoms with Gasteiger partial charge < -0.3 is 10.0 Å². The van der Waals surface area contributed by atoms with E-state index in [1.54, 1.807) is 0 Å². The molecule has 1 N–H and O–H groups in total. The highest BCUT2D eigenvalue weighted by Gasteiger charge is 2.33. The van der Waals surface area contributed by atoms with Crippen molar-refractivity contribution in [1.29, 1.82) is 0 Å². The van der Waals surface area contributed by atoms with Crippen molar-refractivity contribution in [3.8, 4) is 0 Å². The zero-order valence-corrected chi connectivity index (χ0v) is 10.3. The highest BCUT2D eigenvalue weighted by Crippen LogP contribution is 2.23. The van der Waals surface area contributed by atoms with Crippen molar-refractivity contribution in [2.75, 3.05) is 13.1 Å². The van der Waals surface area contributed by atoms with Gasteiger partial charge in [0.25, 0.3) is 0 Å². The molecule has 1 heterocycles. The van der Waals surface area contributed by atoms with E-state index in [1.165, 1.54) is 0 Å². The molecule has 0 aromatic carbocycles. The van der Waals surface area contributed by atoms with Crippen LogP contribution in [-0.4, -0.2) is 34.6 Å². The van der Waals surface area contributed by atoms with Gasteiger partial charge in [0.1, 0.15) is 0 Å². The molecule has 1 aliphatic heterocycles. The van der Waals surface area contributed by atoms with E-state index in [1.807, 2.05) is 18.7 Å². The number of hydrogen-bond acceptors (Lipinski definition) is 2. The van der Waals surface area contributed by atoms with Crippen molar-refractivity contribution >= 4 is 5.91 Å². The van der Waals surface area contributed by atoms with Crippen LogP contribution in [0.25, 0.3) is 0 Å². The number of carbonyl (C=O) groups excluding carboxylic acids is 1. The molecule has 1 aliphatic rings. The predicted octanol–water partition coefficient (Wildman–Crippen LogP) is 1.65. The molecule has 0 aliphatic carbocycles. The lowest BCUT2D eigenvalue weighted by atomic mass is 9.91. The lowest BCUT2D eigenvalue weighted by molar-refractivity contribution is -0.142. The first kappa shape index (κ1) is 12.5. The second-order valence-corrected chi connectivity index (χ2v) is 5.39. The average Bonchev–Trinajstić information content (AvgIpc) is 2.13. The SMILES string of the molecule is CC(C)C(C)C(=O)N1CCCC(C)(O)C1. The summed E-state index contributed by atoms with van der Waals surface area (Å²) in [5.41, 5.74) is -0.690. The van der Waals surface area contributed by atoms with E-state index in [4.69, 9.17) is 0 Å². The lowest BCUT2D eigenvalue weighted by Gasteiger charge is -2.38. The fourth-order valence-corrected chi connectivity index (χ4v) is 1.98. The van der Waals surface area contributed by atoms with Gasteiger partial charge in [0, 0.05) is 19.0 Å². The Morgan fingerprint density at radius 3 is 2.47 bits per heavy atom. The molecule has 1 rings (SSSR count). The van der Waals surface area contributed by atoms with Gasteiger partial charge in [0.15, 0.2) is 0 Å². The van der Waals surface area contributed by atoms with Crippen molar-refractivity contribution in [1.82, 2.24) is 4.90 Å². The third-order valence-electron chi connectivity index (χ3n) is 3.38. The lowest BCUT2D eigenvalue weighted by Crippen LogP contribution is -2.50. The highest BCUT2D eigenvalue weighted by atomic mass is 16.3. The molecule has 0 radical (unpaired) electrons. The monoisotopic (exact) mass is 213 g/mol. The third kappa shape index (κ3) is 3.20. The Bertz CT molecular complexity index is 236. The first-order valence-electron chi connectivity index (χ1n) is 5.84. The average molecular weight is 213 g/mol. The summed E-state index contributed by atoms with van der Waals surface area (Å²) in [6.45, 7) is 9.19. The highest BCUT2D eigenvalue weighted by molar-refractivity contribution is 5.78. The summed E-state index contributed by atoms with van der Waals surface area (Å²) >= 11 is 0. The second kappa shape index (κ2) is 4.52. The zero-order chi connectivity index (χ0) is 11.6. The third-order valence-corrected chi connectivity index (χ3v) is 3.38. The summed E-state index contributed by atoms with van der Waals surface area (Å²) in [4.78, 5) is 13.9. The van der Waals surface area contributed by atoms with Crippen LogP contribution in [0.1, 0.15) is 40.5 Å². The molecule has 3 nitrogen and oxygen atoms in total. The van der Waals surface area contributed by atoms with Crippen LogP contribution in [0.4, 0.5) is 0 Å². The summed E-state index contributed by atoms with van der Waals surface area (Å²) in [5.74, 6) is 0.605. The van der Waals surface area contributed by atoms with Gasteiger partial charge in [-0.05, 0) is 25.7 Å². The van der Waals surface area contributed by atoms with E-state index in [-0.39, 0.29) is 11.8 Å². The van der Waals surface area contributed by atoms with Crippen molar-refractivity contribution < 1.29 is 9.90 Å². The van der Waals surface area contributed by atoms with Crippen LogP contribution in [0.5, 0.6) is 0 Å². The minimum absolute atomic E-state index is 0.0545. The molecule has 0 bridgehead atoms. The molecule has 1 saturated heterocycles. The quantitative estimate of drug-likeness (QED) is 0.757. The van der Waals surface area contributed by atoms with Crippen molar-refractivity contribution in [2.45, 2.75) is 46.1 Å². The number of hydrogen-bond donors (Lipinski definition) is 1. The Balaban J connectivity index is 2.60. The van der Waals surface area contributed by atoms with Crippen molar-refractivity contribution in [3.05, 3.63) is 0 Å². The number of likely N-dealkylation sites (tertiary alicyclic amines) is 1. The van der Waals surface area contributed by atoms with E-state index >= 15 is 0 Å². The fraction of sp³-hybridized carbons (Fsp3) is 0.917. The van der Waals surface area contributed by atoms with Crippen LogP contribution < -0.4 is 0 Å². The van der Waals surface area contributed by atoms with Crippen LogP contribution in [0, 0.1) is 11.8 Å². The van der Waals surface area contributed by atoms with Crippen LogP contribution in [-0.2, 0) is 4.79 Å². The van der Waals surface area contributed by atoms with E-state index in [0.29, 0.717) is 12.5 Å². The van der Waals surface area contributed by atoms with Crippen LogP contribution in [0.3, 0.4) is 0 Å². The molecule has 0 saturated carbocycles. The largest absolute Gasteiger partial charge is 0.388 e. The molecule has 0 spiro atoms. The Morgan fingerprint density at radius 1 is 1.40 bits per heavy atom. The summed E-state index contributed by atoms with van der Waals surface area (Å²) < 4.78 is 0. The van der Waals surface area contributed by atoms with Gasteiger partial charge in [-0.3, -0.25) is 4.79 Å². The molecule has 88 valence electrons. The number of aliphatic hydroxyl groups is 1. The fourth-order valence-electron chi connectivity index (χ4n) is 1.98. The smallest absolute Gasteiger partial charge is 0.225 e. The maximum absolute atomic E-state index is 12.0. The number of β-amino-alcohol motifs (C(OH)–C–C–N with tert-alkyl or cyclic N) is 1. The van der Waals surface area contributed by atoms with Gasteiger partial charge in [-0.15, -0.1) is 0 Å². The minimum Gasteiger partial charge on any atom is -0.388 e. The van der Waals surface area contributed by atoms with Crippen LogP contribution >= 0.6 is 0 Å². The summed E-state index contributed by atoms with van der Waals surface area (Å²) in [5, 5.41) is 9.92. The zero-order valence-electron chi connectivity index (χ0n) is 10.3. The molecular formula is C12H23NO2. The number of rotatable bonds is 2. The van der Waals surface area contributed by atoms with E-state index < -0.39 is 5.60 Å². The Labute approximate surface area is 92.5 Å². The Morgan fingerprint density at radius 2 is 2.00 bits per heavy atom. The molecule has 1 fully saturated rings. The summed E-state index contributed by atoms with van der Waals surface area (Å²) in [6.07, 6.45) is 1.70. The number of carbonyl (C=O) groups is 1. The maximum Gasteiger partial charge on any atom is 0.225 e. The Kier molecular flexibility index (Phi) is 3.77. The molecule has 1 amide bonds. The number of amides is 1. The summed E-state index contributed by atoms with van der Waals surface area (Å²) in [7, 11) is 0. The molecule has 0 aromatic rings.